The summed E-state index contributed by atoms with van der Waals surface area (Å²) < 4.78 is 1.84. The van der Waals surface area contributed by atoms with E-state index in [0.29, 0.717) is 13.0 Å². The SMILES string of the molecule is CCNC(=NCc1cccc(-n2cccn2)c1)NC1CCN(C(=O)CC)C1.I. The topological polar surface area (TPSA) is 74.6 Å². The maximum atomic E-state index is 11.9. The number of aromatic nitrogens is 2. The number of aliphatic imine (C=N–C) groups is 1. The number of nitrogens with zero attached hydrogens (tertiary/aromatic N) is 4. The molecule has 1 unspecified atom stereocenters. The van der Waals surface area contributed by atoms with Crippen molar-refractivity contribution >= 4 is 35.8 Å². The monoisotopic (exact) mass is 496 g/mol. The summed E-state index contributed by atoms with van der Waals surface area (Å²) in [7, 11) is 0. The van der Waals surface area contributed by atoms with Gasteiger partial charge in [0.2, 0.25) is 5.91 Å². The van der Waals surface area contributed by atoms with Crippen molar-refractivity contribution < 1.29 is 4.79 Å². The van der Waals surface area contributed by atoms with E-state index >= 15 is 0 Å². The molecular formula is C20H29IN6O. The minimum absolute atomic E-state index is 0. The van der Waals surface area contributed by atoms with Crippen LogP contribution in [0, 0.1) is 0 Å². The lowest BCUT2D eigenvalue weighted by atomic mass is 10.2. The van der Waals surface area contributed by atoms with Crippen LogP contribution < -0.4 is 10.6 Å². The Hall–Kier alpha value is -2.10. The summed E-state index contributed by atoms with van der Waals surface area (Å²) in [5.74, 6) is 1.01. The van der Waals surface area contributed by atoms with E-state index in [-0.39, 0.29) is 35.9 Å². The molecule has 3 rings (SSSR count). The molecule has 1 aromatic heterocycles. The van der Waals surface area contributed by atoms with Crippen LogP contribution in [0.3, 0.4) is 0 Å². The van der Waals surface area contributed by atoms with E-state index in [2.05, 4.69) is 34.8 Å². The lowest BCUT2D eigenvalue weighted by Gasteiger charge is -2.18. The maximum absolute atomic E-state index is 11.9. The molecule has 0 radical (unpaired) electrons. The highest BCUT2D eigenvalue weighted by atomic mass is 127. The van der Waals surface area contributed by atoms with Crippen molar-refractivity contribution in [1.29, 1.82) is 0 Å². The Labute approximate surface area is 183 Å². The highest BCUT2D eigenvalue weighted by molar-refractivity contribution is 14.0. The van der Waals surface area contributed by atoms with Crippen molar-refractivity contribution in [3.05, 3.63) is 48.3 Å². The van der Waals surface area contributed by atoms with Crippen LogP contribution in [0.5, 0.6) is 0 Å². The zero-order valence-electron chi connectivity index (χ0n) is 16.5. The van der Waals surface area contributed by atoms with E-state index in [1.807, 2.05) is 40.9 Å². The van der Waals surface area contributed by atoms with Gasteiger partial charge in [0.15, 0.2) is 5.96 Å². The van der Waals surface area contributed by atoms with E-state index in [9.17, 15) is 4.79 Å². The van der Waals surface area contributed by atoms with Crippen LogP contribution in [0.2, 0.25) is 0 Å². The summed E-state index contributed by atoms with van der Waals surface area (Å²) in [6, 6.07) is 10.4. The average Bonchev–Trinajstić information content (AvgIpc) is 3.38. The van der Waals surface area contributed by atoms with Gasteiger partial charge in [-0.2, -0.15) is 5.10 Å². The smallest absolute Gasteiger partial charge is 0.222 e. The van der Waals surface area contributed by atoms with Gasteiger partial charge in [0.05, 0.1) is 12.2 Å². The maximum Gasteiger partial charge on any atom is 0.222 e. The summed E-state index contributed by atoms with van der Waals surface area (Å²) in [6.45, 7) is 6.89. The van der Waals surface area contributed by atoms with Gasteiger partial charge in [0, 0.05) is 44.5 Å². The molecule has 2 aromatic rings. The van der Waals surface area contributed by atoms with E-state index in [1.165, 1.54) is 0 Å². The Bertz CT molecular complexity index is 777. The third-order valence-electron chi connectivity index (χ3n) is 4.63. The molecule has 0 aliphatic carbocycles. The molecule has 152 valence electrons. The highest BCUT2D eigenvalue weighted by Crippen LogP contribution is 2.12. The fourth-order valence-electron chi connectivity index (χ4n) is 3.23. The molecule has 2 N–H and O–H groups in total. The molecule has 1 aromatic carbocycles. The first kappa shape index (κ1) is 22.2. The molecule has 28 heavy (non-hydrogen) atoms. The predicted octanol–water partition coefficient (Wildman–Crippen LogP) is 2.56. The van der Waals surface area contributed by atoms with Crippen molar-refractivity contribution in [2.45, 2.75) is 39.3 Å². The number of benzene rings is 1. The lowest BCUT2D eigenvalue weighted by Crippen LogP contribution is -2.45. The van der Waals surface area contributed by atoms with E-state index < -0.39 is 0 Å². The Morgan fingerprint density at radius 2 is 2.18 bits per heavy atom. The van der Waals surface area contributed by atoms with Crippen LogP contribution >= 0.6 is 24.0 Å². The van der Waals surface area contributed by atoms with Gasteiger partial charge in [-0.05, 0) is 37.1 Å². The first-order chi connectivity index (χ1) is 13.2. The van der Waals surface area contributed by atoms with E-state index in [1.54, 1.807) is 6.20 Å². The molecule has 1 saturated heterocycles. The summed E-state index contributed by atoms with van der Waals surface area (Å²) in [4.78, 5) is 18.5. The minimum atomic E-state index is 0. The zero-order valence-corrected chi connectivity index (χ0v) is 18.8. The number of halogens is 1. The number of likely N-dealkylation sites (tertiary alicyclic amines) is 1. The van der Waals surface area contributed by atoms with Crippen molar-refractivity contribution in [3.63, 3.8) is 0 Å². The molecule has 0 spiro atoms. The van der Waals surface area contributed by atoms with E-state index in [0.717, 1.165) is 43.3 Å². The van der Waals surface area contributed by atoms with Crippen molar-refractivity contribution in [1.82, 2.24) is 25.3 Å². The number of hydrogen-bond donors (Lipinski definition) is 2. The second kappa shape index (κ2) is 11.0. The third-order valence-corrected chi connectivity index (χ3v) is 4.63. The molecule has 1 atom stereocenters. The van der Waals surface area contributed by atoms with Crippen LogP contribution in [0.4, 0.5) is 0 Å². The Balaban J connectivity index is 0.00000280. The Morgan fingerprint density at radius 3 is 2.89 bits per heavy atom. The molecule has 2 heterocycles. The summed E-state index contributed by atoms with van der Waals surface area (Å²) in [5, 5.41) is 11.0. The Kier molecular flexibility index (Phi) is 8.75. The third kappa shape index (κ3) is 5.95. The first-order valence-electron chi connectivity index (χ1n) is 9.61. The number of carbonyl (C=O) groups is 1. The normalized spacial score (nSPS) is 16.6. The first-order valence-corrected chi connectivity index (χ1v) is 9.61. The van der Waals surface area contributed by atoms with Gasteiger partial charge in [-0.15, -0.1) is 24.0 Å². The number of amides is 1. The molecule has 7 nitrogen and oxygen atoms in total. The Morgan fingerprint density at radius 1 is 1.32 bits per heavy atom. The van der Waals surface area contributed by atoms with Gasteiger partial charge in [-0.25, -0.2) is 9.67 Å². The number of hydrogen-bond acceptors (Lipinski definition) is 3. The van der Waals surface area contributed by atoms with Gasteiger partial charge in [0.25, 0.3) is 0 Å². The highest BCUT2D eigenvalue weighted by Gasteiger charge is 2.25. The molecule has 0 bridgehead atoms. The van der Waals surface area contributed by atoms with Crippen LogP contribution in [0.1, 0.15) is 32.3 Å². The molecule has 1 fully saturated rings. The van der Waals surface area contributed by atoms with Crippen LogP contribution in [-0.2, 0) is 11.3 Å². The summed E-state index contributed by atoms with van der Waals surface area (Å²) in [6.07, 6.45) is 5.21. The van der Waals surface area contributed by atoms with Crippen molar-refractivity contribution in [3.8, 4) is 5.69 Å². The summed E-state index contributed by atoms with van der Waals surface area (Å²) >= 11 is 0. The van der Waals surface area contributed by atoms with Gasteiger partial charge >= 0.3 is 0 Å². The molecule has 1 aliphatic heterocycles. The van der Waals surface area contributed by atoms with Crippen molar-refractivity contribution in [2.24, 2.45) is 4.99 Å². The van der Waals surface area contributed by atoms with E-state index in [4.69, 9.17) is 4.99 Å². The van der Waals surface area contributed by atoms with Gasteiger partial charge in [-0.1, -0.05) is 19.1 Å². The largest absolute Gasteiger partial charge is 0.357 e. The lowest BCUT2D eigenvalue weighted by molar-refractivity contribution is -0.129. The summed E-state index contributed by atoms with van der Waals surface area (Å²) in [5.41, 5.74) is 2.14. The van der Waals surface area contributed by atoms with Gasteiger partial charge in [0.1, 0.15) is 0 Å². The van der Waals surface area contributed by atoms with Crippen molar-refractivity contribution in [2.75, 3.05) is 19.6 Å². The molecule has 1 aliphatic rings. The standard InChI is InChI=1S/C20H28N6O.HI/c1-3-19(27)25-12-9-17(15-25)24-20(21-4-2)22-14-16-7-5-8-18(13-16)26-11-6-10-23-26;/h5-8,10-11,13,17H,3-4,9,12,14-15H2,1-2H3,(H2,21,22,24);1H. The zero-order chi connectivity index (χ0) is 19.1. The quantitative estimate of drug-likeness (QED) is 0.367. The molecule has 0 saturated carbocycles. The van der Waals surface area contributed by atoms with Crippen LogP contribution in [0.15, 0.2) is 47.7 Å². The fourth-order valence-corrected chi connectivity index (χ4v) is 3.23. The number of guanidine groups is 1. The fraction of sp³-hybridized carbons (Fsp3) is 0.450. The second-order valence-electron chi connectivity index (χ2n) is 6.64. The van der Waals surface area contributed by atoms with Crippen LogP contribution in [0.25, 0.3) is 5.69 Å². The molecule has 1 amide bonds. The number of nitrogens with one attached hydrogen (secondary N) is 2. The molecule has 8 heteroatoms. The number of rotatable bonds is 6. The number of carbonyl (C=O) groups excluding carboxylic acids is 1. The minimum Gasteiger partial charge on any atom is -0.357 e. The second-order valence-corrected chi connectivity index (χ2v) is 6.64. The molecular weight excluding hydrogens is 467 g/mol. The predicted molar refractivity (Wildman–Crippen MR) is 122 cm³/mol. The average molecular weight is 496 g/mol. The van der Waals surface area contributed by atoms with Gasteiger partial charge in [-0.3, -0.25) is 4.79 Å². The van der Waals surface area contributed by atoms with Gasteiger partial charge < -0.3 is 15.5 Å². The van der Waals surface area contributed by atoms with Crippen LogP contribution in [-0.4, -0.2) is 52.2 Å².